The average molecular weight is 355 g/mol. The normalized spacial score (nSPS) is 14.4. The maximum atomic E-state index is 6.51. The minimum absolute atomic E-state index is 0.842. The molecule has 3 aromatic rings. The van der Waals surface area contributed by atoms with E-state index in [9.17, 15) is 0 Å². The van der Waals surface area contributed by atoms with Crippen molar-refractivity contribution in [1.29, 1.82) is 0 Å². The molecule has 122 valence electrons. The molecule has 24 heavy (non-hydrogen) atoms. The van der Waals surface area contributed by atoms with Crippen LogP contribution in [-0.2, 0) is 18.6 Å². The molecule has 0 fully saturated rings. The molecule has 0 atom stereocenters. The average Bonchev–Trinajstić information content (AvgIpc) is 2.86. The summed E-state index contributed by atoms with van der Waals surface area (Å²) in [5, 5.41) is 5.52. The van der Waals surface area contributed by atoms with Crippen LogP contribution in [0.3, 0.4) is 0 Å². The van der Waals surface area contributed by atoms with Crippen LogP contribution in [0.15, 0.2) is 53.4 Å². The topological polar surface area (TPSA) is 24.9 Å². The van der Waals surface area contributed by atoms with Gasteiger partial charge in [0.25, 0.3) is 0 Å². The second-order valence-electron chi connectivity index (χ2n) is 6.05. The largest absolute Gasteiger partial charge is 0.316 e. The van der Waals surface area contributed by atoms with Gasteiger partial charge < -0.3 is 5.32 Å². The number of aromatic nitrogens is 1. The molecule has 2 nitrogen and oxygen atoms in total. The Kier molecular flexibility index (Phi) is 4.74. The van der Waals surface area contributed by atoms with Gasteiger partial charge in [-0.2, -0.15) is 0 Å². The number of para-hydroxylation sites is 1. The molecule has 1 aliphatic heterocycles. The van der Waals surface area contributed by atoms with Gasteiger partial charge in [-0.25, -0.2) is 0 Å². The molecule has 0 spiro atoms. The van der Waals surface area contributed by atoms with Crippen LogP contribution in [0.5, 0.6) is 0 Å². The number of halogens is 1. The second kappa shape index (κ2) is 7.14. The number of rotatable bonds is 3. The maximum Gasteiger partial charge on any atom is 0.0705 e. The number of nitrogens with zero attached hydrogens (tertiary/aromatic N) is 1. The number of nitrogens with one attached hydrogen (secondary N) is 1. The predicted molar refractivity (Wildman–Crippen MR) is 103 cm³/mol. The summed E-state index contributed by atoms with van der Waals surface area (Å²) >= 11 is 8.32. The molecule has 1 aromatic heterocycles. The highest BCUT2D eigenvalue weighted by atomic mass is 35.5. The molecular formula is C20H19ClN2S. The second-order valence-corrected chi connectivity index (χ2v) is 7.44. The molecular weight excluding hydrogens is 336 g/mol. The molecule has 0 saturated carbocycles. The number of benzene rings is 2. The zero-order valence-corrected chi connectivity index (χ0v) is 15.0. The van der Waals surface area contributed by atoms with Crippen LogP contribution in [0, 0.1) is 0 Å². The van der Waals surface area contributed by atoms with E-state index in [0.717, 1.165) is 47.9 Å². The lowest BCUT2D eigenvalue weighted by Gasteiger charge is -2.13. The molecule has 0 amide bonds. The first-order chi connectivity index (χ1) is 11.8. The van der Waals surface area contributed by atoms with Crippen LogP contribution in [-0.4, -0.2) is 18.1 Å². The van der Waals surface area contributed by atoms with Gasteiger partial charge in [-0.15, -0.1) is 11.8 Å². The first kappa shape index (κ1) is 15.9. The third-order valence-electron chi connectivity index (χ3n) is 4.45. The van der Waals surface area contributed by atoms with E-state index in [-0.39, 0.29) is 0 Å². The standard InChI is InChI=1S/C20H19ClN2S/c21-18-8-6-14-9-11-22-12-10-17(14)20(18)24-13-16-7-5-15-3-1-2-4-19(15)23-16/h1-8,22H,9-13H2. The van der Waals surface area contributed by atoms with E-state index in [1.54, 1.807) is 0 Å². The lowest BCUT2D eigenvalue weighted by Crippen LogP contribution is -2.16. The molecule has 0 unspecified atom stereocenters. The van der Waals surface area contributed by atoms with Crippen molar-refractivity contribution in [2.45, 2.75) is 23.5 Å². The molecule has 0 saturated heterocycles. The number of hydrogen-bond donors (Lipinski definition) is 1. The minimum Gasteiger partial charge on any atom is -0.316 e. The van der Waals surface area contributed by atoms with Crippen LogP contribution in [0.4, 0.5) is 0 Å². The van der Waals surface area contributed by atoms with Gasteiger partial charge in [0.1, 0.15) is 0 Å². The zero-order valence-electron chi connectivity index (χ0n) is 13.4. The van der Waals surface area contributed by atoms with Crippen LogP contribution in [0.2, 0.25) is 5.02 Å². The van der Waals surface area contributed by atoms with E-state index in [0.29, 0.717) is 0 Å². The molecule has 0 bridgehead atoms. The Hall–Kier alpha value is -1.55. The maximum absolute atomic E-state index is 6.51. The van der Waals surface area contributed by atoms with Crippen molar-refractivity contribution in [3.05, 3.63) is 70.4 Å². The Balaban J connectivity index is 1.60. The van der Waals surface area contributed by atoms with Gasteiger partial charge in [0.2, 0.25) is 0 Å². The molecule has 2 aromatic carbocycles. The summed E-state index contributed by atoms with van der Waals surface area (Å²) in [6.07, 6.45) is 2.12. The van der Waals surface area contributed by atoms with Gasteiger partial charge in [0, 0.05) is 16.0 Å². The summed E-state index contributed by atoms with van der Waals surface area (Å²) in [5.41, 5.74) is 4.99. The summed E-state index contributed by atoms with van der Waals surface area (Å²) in [4.78, 5) is 6.00. The molecule has 1 N–H and O–H groups in total. The van der Waals surface area contributed by atoms with E-state index < -0.39 is 0 Å². The summed E-state index contributed by atoms with van der Waals surface area (Å²) in [5.74, 6) is 0.842. The molecule has 0 radical (unpaired) electrons. The summed E-state index contributed by atoms with van der Waals surface area (Å²) < 4.78 is 0. The molecule has 1 aliphatic rings. The van der Waals surface area contributed by atoms with E-state index in [4.69, 9.17) is 16.6 Å². The Bertz CT molecular complexity index is 879. The number of pyridine rings is 1. The Morgan fingerprint density at radius 3 is 2.83 bits per heavy atom. The number of hydrogen-bond acceptors (Lipinski definition) is 3. The van der Waals surface area contributed by atoms with Crippen molar-refractivity contribution in [3.63, 3.8) is 0 Å². The number of fused-ring (bicyclic) bond motifs is 2. The molecule has 0 aliphatic carbocycles. The van der Waals surface area contributed by atoms with Crippen molar-refractivity contribution >= 4 is 34.3 Å². The van der Waals surface area contributed by atoms with Crippen LogP contribution >= 0.6 is 23.4 Å². The van der Waals surface area contributed by atoms with Crippen LogP contribution in [0.25, 0.3) is 10.9 Å². The zero-order chi connectivity index (χ0) is 16.4. The predicted octanol–water partition coefficient (Wildman–Crippen LogP) is 4.87. The van der Waals surface area contributed by atoms with Crippen molar-refractivity contribution in [3.8, 4) is 0 Å². The third-order valence-corrected chi connectivity index (χ3v) is 6.07. The van der Waals surface area contributed by atoms with Crippen molar-refractivity contribution in [2.75, 3.05) is 13.1 Å². The SMILES string of the molecule is Clc1ccc2c(c1SCc1ccc3ccccc3n1)CCNCC2. The molecule has 4 heteroatoms. The van der Waals surface area contributed by atoms with E-state index >= 15 is 0 Å². The summed E-state index contributed by atoms with van der Waals surface area (Å²) in [7, 11) is 0. The highest BCUT2D eigenvalue weighted by molar-refractivity contribution is 7.98. The van der Waals surface area contributed by atoms with E-state index in [1.807, 2.05) is 30.0 Å². The summed E-state index contributed by atoms with van der Waals surface area (Å²) in [6.45, 7) is 2.07. The fourth-order valence-electron chi connectivity index (χ4n) is 3.20. The lowest BCUT2D eigenvalue weighted by atomic mass is 10.0. The van der Waals surface area contributed by atoms with Crippen LogP contribution < -0.4 is 5.32 Å². The fraction of sp³-hybridized carbons (Fsp3) is 0.250. The summed E-state index contributed by atoms with van der Waals surface area (Å²) in [6, 6.07) is 16.7. The van der Waals surface area contributed by atoms with Crippen molar-refractivity contribution in [1.82, 2.24) is 10.3 Å². The highest BCUT2D eigenvalue weighted by Gasteiger charge is 2.15. The first-order valence-electron chi connectivity index (χ1n) is 8.30. The number of thioether (sulfide) groups is 1. The Morgan fingerprint density at radius 2 is 1.88 bits per heavy atom. The lowest BCUT2D eigenvalue weighted by molar-refractivity contribution is 0.709. The monoisotopic (exact) mass is 354 g/mol. The molecule has 2 heterocycles. The minimum atomic E-state index is 0.842. The van der Waals surface area contributed by atoms with Gasteiger partial charge in [0.15, 0.2) is 0 Å². The first-order valence-corrected chi connectivity index (χ1v) is 9.66. The van der Waals surface area contributed by atoms with Crippen molar-refractivity contribution < 1.29 is 0 Å². The van der Waals surface area contributed by atoms with E-state index in [2.05, 4.69) is 35.6 Å². The van der Waals surface area contributed by atoms with Gasteiger partial charge in [-0.3, -0.25) is 4.98 Å². The van der Waals surface area contributed by atoms with Crippen molar-refractivity contribution in [2.24, 2.45) is 0 Å². The van der Waals surface area contributed by atoms with Gasteiger partial charge in [-0.1, -0.05) is 41.9 Å². The third kappa shape index (κ3) is 3.30. The van der Waals surface area contributed by atoms with E-state index in [1.165, 1.54) is 21.4 Å². The fourth-order valence-corrected chi connectivity index (χ4v) is 4.61. The van der Waals surface area contributed by atoms with Crippen LogP contribution in [0.1, 0.15) is 16.8 Å². The van der Waals surface area contributed by atoms with Gasteiger partial charge >= 0.3 is 0 Å². The quantitative estimate of drug-likeness (QED) is 0.679. The highest BCUT2D eigenvalue weighted by Crippen LogP contribution is 2.35. The molecule has 4 rings (SSSR count). The smallest absolute Gasteiger partial charge is 0.0705 e. The van der Waals surface area contributed by atoms with Gasteiger partial charge in [0.05, 0.1) is 16.2 Å². The van der Waals surface area contributed by atoms with Gasteiger partial charge in [-0.05, 0) is 55.3 Å². The Labute approximate surface area is 151 Å². The Morgan fingerprint density at radius 1 is 1.00 bits per heavy atom.